The number of aliphatic hydroxyl groups excluding tert-OH is 2. The van der Waals surface area contributed by atoms with Crippen molar-refractivity contribution in [2.45, 2.75) is 219 Å². The first-order valence-corrected chi connectivity index (χ1v) is 18.1. The summed E-state index contributed by atoms with van der Waals surface area (Å²) < 4.78 is 0. The quantitative estimate of drug-likeness (QED) is 0.0544. The van der Waals surface area contributed by atoms with Gasteiger partial charge in [0, 0.05) is 11.9 Å². The number of aliphatic carboxylic acids is 2. The second-order valence-corrected chi connectivity index (χ2v) is 12.5. The molecule has 0 aliphatic heterocycles. The predicted molar refractivity (Wildman–Crippen MR) is 178 cm³/mol. The molecular formula is C36H70BaO6. The number of carboxylic acids is 2. The summed E-state index contributed by atoms with van der Waals surface area (Å²) in [5.41, 5.74) is 0. The normalized spacial score (nSPS) is 12.2. The Bertz CT molecular complexity index is 512. The SMILES string of the molecule is CCCCCCCCCCCCCC(O)CCCC(=O)[O-].CCCCCCCCCCCCCC(O)CCCC(=O)[O-].[Ba+2]. The largest absolute Gasteiger partial charge is 2.00 e. The van der Waals surface area contributed by atoms with E-state index in [9.17, 15) is 30.0 Å². The summed E-state index contributed by atoms with van der Waals surface area (Å²) in [5.74, 6) is -2.03. The maximum atomic E-state index is 10.2. The molecule has 0 fully saturated rings. The predicted octanol–water partition coefficient (Wildman–Crippen LogP) is 7.56. The molecule has 2 unspecified atom stereocenters. The molecule has 0 saturated carbocycles. The summed E-state index contributed by atoms with van der Waals surface area (Å²) in [6.07, 6.45) is 32.2. The van der Waals surface area contributed by atoms with E-state index >= 15 is 0 Å². The van der Waals surface area contributed by atoms with Gasteiger partial charge in [-0.25, -0.2) is 0 Å². The minimum Gasteiger partial charge on any atom is -0.550 e. The van der Waals surface area contributed by atoms with Crippen LogP contribution >= 0.6 is 0 Å². The fourth-order valence-corrected chi connectivity index (χ4v) is 5.34. The third kappa shape index (κ3) is 47.0. The van der Waals surface area contributed by atoms with Crippen LogP contribution in [0.25, 0.3) is 0 Å². The fraction of sp³-hybridized carbons (Fsp3) is 0.944. The average molecular weight is 736 g/mol. The van der Waals surface area contributed by atoms with Crippen LogP contribution in [0.1, 0.15) is 206 Å². The molecule has 0 rings (SSSR count). The van der Waals surface area contributed by atoms with Gasteiger partial charge in [-0.05, 0) is 51.4 Å². The fourth-order valence-electron chi connectivity index (χ4n) is 5.34. The van der Waals surface area contributed by atoms with Crippen molar-refractivity contribution in [2.24, 2.45) is 0 Å². The summed E-state index contributed by atoms with van der Waals surface area (Å²) in [4.78, 5) is 20.5. The number of carbonyl (C=O) groups is 2. The molecule has 2 atom stereocenters. The molecule has 0 aliphatic carbocycles. The molecular weight excluding hydrogens is 666 g/mol. The summed E-state index contributed by atoms with van der Waals surface area (Å²) in [6, 6.07) is 0. The molecule has 0 radical (unpaired) electrons. The Morgan fingerprint density at radius 1 is 0.419 bits per heavy atom. The zero-order valence-corrected chi connectivity index (χ0v) is 33.0. The van der Waals surface area contributed by atoms with E-state index in [-0.39, 0.29) is 73.9 Å². The van der Waals surface area contributed by atoms with Crippen LogP contribution in [0.4, 0.5) is 0 Å². The molecule has 0 bridgehead atoms. The van der Waals surface area contributed by atoms with Crippen molar-refractivity contribution in [2.75, 3.05) is 0 Å². The second-order valence-electron chi connectivity index (χ2n) is 12.5. The van der Waals surface area contributed by atoms with Gasteiger partial charge in [0.15, 0.2) is 0 Å². The van der Waals surface area contributed by atoms with Crippen molar-refractivity contribution in [1.82, 2.24) is 0 Å². The molecule has 7 heteroatoms. The minimum absolute atomic E-state index is 0. The van der Waals surface area contributed by atoms with E-state index in [0.717, 1.165) is 25.7 Å². The molecule has 0 aliphatic rings. The van der Waals surface area contributed by atoms with Crippen LogP contribution < -0.4 is 10.2 Å². The standard InChI is InChI=1S/2C18H36O3.Ba/c2*1-2-3-4-5-6-7-8-9-10-11-12-14-17(19)15-13-16-18(20)21;/h2*17,19H,2-16H2,1H3,(H,20,21);/q;;+2/p-2. The smallest absolute Gasteiger partial charge is 0.550 e. The van der Waals surface area contributed by atoms with Gasteiger partial charge >= 0.3 is 48.9 Å². The zero-order chi connectivity index (χ0) is 31.5. The van der Waals surface area contributed by atoms with Crippen molar-refractivity contribution in [3.63, 3.8) is 0 Å². The van der Waals surface area contributed by atoms with Gasteiger partial charge < -0.3 is 30.0 Å². The van der Waals surface area contributed by atoms with Crippen molar-refractivity contribution >= 4 is 60.8 Å². The van der Waals surface area contributed by atoms with E-state index in [1.165, 1.54) is 128 Å². The Balaban J connectivity index is -0.000000727. The summed E-state index contributed by atoms with van der Waals surface area (Å²) in [5, 5.41) is 39.9. The van der Waals surface area contributed by atoms with Crippen LogP contribution in [0.2, 0.25) is 0 Å². The second kappa shape index (κ2) is 40.5. The molecule has 0 heterocycles. The Labute approximate surface area is 307 Å². The van der Waals surface area contributed by atoms with Crippen LogP contribution in [-0.4, -0.2) is 83.2 Å². The van der Waals surface area contributed by atoms with Gasteiger partial charge in [0.1, 0.15) is 0 Å². The van der Waals surface area contributed by atoms with Gasteiger partial charge in [-0.15, -0.1) is 0 Å². The summed E-state index contributed by atoms with van der Waals surface area (Å²) in [6.45, 7) is 4.50. The van der Waals surface area contributed by atoms with Crippen molar-refractivity contribution in [3.8, 4) is 0 Å². The van der Waals surface area contributed by atoms with Gasteiger partial charge in [0.25, 0.3) is 0 Å². The topological polar surface area (TPSA) is 121 Å². The average Bonchev–Trinajstić information content (AvgIpc) is 2.94. The third-order valence-electron chi connectivity index (χ3n) is 8.12. The van der Waals surface area contributed by atoms with Gasteiger partial charge in [0.05, 0.1) is 12.2 Å². The Kier molecular flexibility index (Phi) is 45.0. The van der Waals surface area contributed by atoms with E-state index in [1.54, 1.807) is 0 Å². The molecule has 0 aromatic carbocycles. The maximum Gasteiger partial charge on any atom is 2.00 e. The molecule has 0 aromatic heterocycles. The van der Waals surface area contributed by atoms with Crippen molar-refractivity contribution in [1.29, 1.82) is 0 Å². The first-order chi connectivity index (χ1) is 20.3. The van der Waals surface area contributed by atoms with Crippen molar-refractivity contribution in [3.05, 3.63) is 0 Å². The minimum atomic E-state index is -1.02. The Morgan fingerprint density at radius 3 is 0.860 bits per heavy atom. The first-order valence-electron chi connectivity index (χ1n) is 18.1. The number of unbranched alkanes of at least 4 members (excludes halogenated alkanes) is 20. The molecule has 0 aromatic rings. The van der Waals surface area contributed by atoms with E-state index < -0.39 is 11.9 Å². The van der Waals surface area contributed by atoms with Crippen LogP contribution in [0, 0.1) is 0 Å². The molecule has 0 spiro atoms. The van der Waals surface area contributed by atoms with E-state index in [1.807, 2.05) is 0 Å². The Morgan fingerprint density at radius 2 is 0.628 bits per heavy atom. The summed E-state index contributed by atoms with van der Waals surface area (Å²) >= 11 is 0. The first kappa shape index (κ1) is 47.8. The van der Waals surface area contributed by atoms with Crippen molar-refractivity contribution < 1.29 is 30.0 Å². The monoisotopic (exact) mass is 736 g/mol. The van der Waals surface area contributed by atoms with E-state index in [0.29, 0.717) is 25.7 Å². The van der Waals surface area contributed by atoms with Crippen LogP contribution in [0.15, 0.2) is 0 Å². The molecule has 252 valence electrons. The number of hydrogen-bond acceptors (Lipinski definition) is 6. The number of hydrogen-bond donors (Lipinski definition) is 2. The van der Waals surface area contributed by atoms with Crippen LogP contribution in [-0.2, 0) is 9.59 Å². The number of rotatable bonds is 32. The number of aliphatic hydroxyl groups is 2. The summed E-state index contributed by atoms with van der Waals surface area (Å²) in [7, 11) is 0. The molecule has 0 saturated heterocycles. The van der Waals surface area contributed by atoms with Gasteiger partial charge in [-0.2, -0.15) is 0 Å². The number of carboxylic acid groups (broad SMARTS) is 2. The van der Waals surface area contributed by atoms with Crippen LogP contribution in [0.5, 0.6) is 0 Å². The molecule has 43 heavy (non-hydrogen) atoms. The molecule has 2 N–H and O–H groups in total. The Hall–Kier alpha value is 0.431. The van der Waals surface area contributed by atoms with Gasteiger partial charge in [-0.1, -0.05) is 155 Å². The maximum absolute atomic E-state index is 10.2. The molecule has 6 nitrogen and oxygen atoms in total. The van der Waals surface area contributed by atoms with E-state index in [4.69, 9.17) is 0 Å². The van der Waals surface area contributed by atoms with E-state index in [2.05, 4.69) is 13.8 Å². The number of carbonyl (C=O) groups excluding carboxylic acids is 2. The van der Waals surface area contributed by atoms with Gasteiger partial charge in [0.2, 0.25) is 0 Å². The van der Waals surface area contributed by atoms with Crippen LogP contribution in [0.3, 0.4) is 0 Å². The third-order valence-corrected chi connectivity index (χ3v) is 8.12. The molecule has 0 amide bonds. The van der Waals surface area contributed by atoms with Gasteiger partial charge in [-0.3, -0.25) is 0 Å². The zero-order valence-electron chi connectivity index (χ0n) is 28.6.